The van der Waals surface area contributed by atoms with Crippen LogP contribution in [-0.4, -0.2) is 21.9 Å². The van der Waals surface area contributed by atoms with Gasteiger partial charge in [0, 0.05) is 0 Å². The summed E-state index contributed by atoms with van der Waals surface area (Å²) in [6, 6.07) is 12.2. The third-order valence-corrected chi connectivity index (χ3v) is 5.06. The third kappa shape index (κ3) is 4.74. The van der Waals surface area contributed by atoms with Crippen molar-refractivity contribution in [1.29, 1.82) is 0 Å². The molecule has 5 nitrogen and oxygen atoms in total. The van der Waals surface area contributed by atoms with E-state index in [0.29, 0.717) is 0 Å². The molecule has 0 unspecified atom stereocenters. The number of hydrogen-bond acceptors (Lipinski definition) is 5. The van der Waals surface area contributed by atoms with Crippen LogP contribution in [0, 0.1) is 19.7 Å². The van der Waals surface area contributed by atoms with Crippen molar-refractivity contribution in [3.05, 3.63) is 65.0 Å². The first-order valence-electron chi connectivity index (χ1n) is 8.52. The van der Waals surface area contributed by atoms with Gasteiger partial charge in [-0.3, -0.25) is 4.79 Å². The van der Waals surface area contributed by atoms with Crippen LogP contribution < -0.4 is 5.32 Å². The number of carbonyl (C=O) groups excluding carboxylic acids is 1. The number of rotatable bonds is 6. The van der Waals surface area contributed by atoms with E-state index in [0.717, 1.165) is 17.3 Å². The lowest BCUT2D eigenvalue weighted by atomic mass is 10.0. The first kappa shape index (κ1) is 19.1. The molecule has 3 aromatic rings. The molecular weight excluding hydrogens is 365 g/mol. The molecule has 1 amide bonds. The van der Waals surface area contributed by atoms with E-state index in [2.05, 4.69) is 28.5 Å². The van der Waals surface area contributed by atoms with Crippen LogP contribution in [0.3, 0.4) is 0 Å². The number of carbonyl (C=O) groups is 1. The zero-order valence-corrected chi connectivity index (χ0v) is 16.1. The van der Waals surface area contributed by atoms with Gasteiger partial charge in [-0.2, -0.15) is 0 Å². The maximum Gasteiger partial charge on any atom is 0.277 e. The fourth-order valence-electron chi connectivity index (χ4n) is 2.54. The quantitative estimate of drug-likeness (QED) is 0.635. The van der Waals surface area contributed by atoms with Crippen molar-refractivity contribution >= 4 is 17.7 Å². The molecule has 0 saturated heterocycles. The number of halogens is 1. The summed E-state index contributed by atoms with van der Waals surface area (Å²) in [6.07, 6.45) is 0. The molecule has 0 fully saturated rings. The molecule has 7 heteroatoms. The summed E-state index contributed by atoms with van der Waals surface area (Å²) in [7, 11) is 0. The van der Waals surface area contributed by atoms with Crippen molar-refractivity contribution in [3.63, 3.8) is 0 Å². The van der Waals surface area contributed by atoms with Gasteiger partial charge in [-0.1, -0.05) is 42.1 Å². The second kappa shape index (κ2) is 8.35. The lowest BCUT2D eigenvalue weighted by molar-refractivity contribution is -0.119. The number of nitrogens with zero attached hydrogens (tertiary/aromatic N) is 2. The highest BCUT2D eigenvalue weighted by Gasteiger charge is 2.15. The molecule has 1 aromatic heterocycles. The Morgan fingerprint density at radius 2 is 1.96 bits per heavy atom. The lowest BCUT2D eigenvalue weighted by Crippen LogP contribution is -2.28. The number of aromatic nitrogens is 2. The molecule has 1 heterocycles. The van der Waals surface area contributed by atoms with Gasteiger partial charge in [0.25, 0.3) is 11.1 Å². The summed E-state index contributed by atoms with van der Waals surface area (Å²) in [6.45, 7) is 6.04. The monoisotopic (exact) mass is 385 g/mol. The van der Waals surface area contributed by atoms with Crippen LogP contribution >= 0.6 is 11.8 Å². The summed E-state index contributed by atoms with van der Waals surface area (Å²) in [4.78, 5) is 12.2. The minimum atomic E-state index is -0.433. The van der Waals surface area contributed by atoms with Crippen LogP contribution in [0.4, 0.5) is 4.39 Å². The van der Waals surface area contributed by atoms with Crippen LogP contribution in [0.5, 0.6) is 0 Å². The van der Waals surface area contributed by atoms with E-state index in [4.69, 9.17) is 4.42 Å². The Balaban J connectivity index is 1.56. The molecule has 1 atom stereocenters. The van der Waals surface area contributed by atoms with E-state index in [1.54, 1.807) is 18.2 Å². The van der Waals surface area contributed by atoms with Crippen molar-refractivity contribution in [2.45, 2.75) is 32.0 Å². The summed E-state index contributed by atoms with van der Waals surface area (Å²) in [5.41, 5.74) is 3.70. The van der Waals surface area contributed by atoms with Crippen molar-refractivity contribution in [2.24, 2.45) is 0 Å². The van der Waals surface area contributed by atoms with Crippen molar-refractivity contribution in [2.75, 3.05) is 5.75 Å². The van der Waals surface area contributed by atoms with Gasteiger partial charge in [-0.25, -0.2) is 4.39 Å². The average Bonchev–Trinajstić information content (AvgIpc) is 3.11. The predicted molar refractivity (Wildman–Crippen MR) is 103 cm³/mol. The lowest BCUT2D eigenvalue weighted by Gasteiger charge is -2.15. The first-order valence-corrected chi connectivity index (χ1v) is 9.50. The molecular formula is C20H20FN3O2S. The minimum Gasteiger partial charge on any atom is -0.411 e. The predicted octanol–water partition coefficient (Wildman–Crippen LogP) is 4.46. The van der Waals surface area contributed by atoms with E-state index in [-0.39, 0.29) is 34.4 Å². The van der Waals surface area contributed by atoms with Crippen LogP contribution in [-0.2, 0) is 4.79 Å². The Labute approximate surface area is 161 Å². The highest BCUT2D eigenvalue weighted by molar-refractivity contribution is 7.99. The van der Waals surface area contributed by atoms with Crippen LogP contribution in [0.25, 0.3) is 11.5 Å². The molecule has 1 N–H and O–H groups in total. The Bertz CT molecular complexity index is 958. The smallest absolute Gasteiger partial charge is 0.277 e. The number of thioether (sulfide) groups is 1. The molecule has 0 radical (unpaired) electrons. The van der Waals surface area contributed by atoms with Gasteiger partial charge < -0.3 is 9.73 Å². The number of nitrogens with one attached hydrogen (secondary N) is 1. The van der Waals surface area contributed by atoms with E-state index in [1.807, 2.05) is 26.0 Å². The second-order valence-corrected chi connectivity index (χ2v) is 7.20. The van der Waals surface area contributed by atoms with Gasteiger partial charge in [0.1, 0.15) is 5.82 Å². The number of benzene rings is 2. The Kier molecular flexibility index (Phi) is 5.91. The van der Waals surface area contributed by atoms with Crippen LogP contribution in [0.15, 0.2) is 52.1 Å². The Morgan fingerprint density at radius 1 is 1.19 bits per heavy atom. The summed E-state index contributed by atoms with van der Waals surface area (Å²) in [5, 5.41) is 10.9. The maximum absolute atomic E-state index is 13.8. The topological polar surface area (TPSA) is 68.0 Å². The minimum absolute atomic E-state index is 0.0968. The fourth-order valence-corrected chi connectivity index (χ4v) is 3.11. The second-order valence-electron chi connectivity index (χ2n) is 6.27. The molecule has 0 saturated carbocycles. The van der Waals surface area contributed by atoms with Crippen molar-refractivity contribution < 1.29 is 13.6 Å². The summed E-state index contributed by atoms with van der Waals surface area (Å²) in [5.74, 6) is -0.345. The molecule has 3 rings (SSSR count). The average molecular weight is 385 g/mol. The van der Waals surface area contributed by atoms with Gasteiger partial charge in [0.2, 0.25) is 5.91 Å². The fraction of sp³-hybridized carbons (Fsp3) is 0.250. The van der Waals surface area contributed by atoms with Crippen molar-refractivity contribution in [1.82, 2.24) is 15.5 Å². The Morgan fingerprint density at radius 3 is 2.70 bits per heavy atom. The molecule has 0 aliphatic carbocycles. The molecule has 0 aliphatic heterocycles. The standard InChI is InChI=1S/C20H20FN3O2S/c1-12-8-9-15(10-13(12)2)14(3)22-18(25)11-27-20-24-23-19(26-20)16-6-4-5-7-17(16)21/h4-10,14H,11H2,1-3H3,(H,22,25)/t14-/m0/s1. The SMILES string of the molecule is Cc1ccc([C@H](C)NC(=O)CSc2nnc(-c3ccccc3F)o2)cc1C. The van der Waals surface area contributed by atoms with Gasteiger partial charge in [0.15, 0.2) is 0 Å². The zero-order chi connectivity index (χ0) is 19.4. The van der Waals surface area contributed by atoms with Crippen molar-refractivity contribution in [3.8, 4) is 11.5 Å². The molecule has 2 aromatic carbocycles. The van der Waals surface area contributed by atoms with Gasteiger partial charge >= 0.3 is 0 Å². The molecule has 0 aliphatic rings. The molecule has 27 heavy (non-hydrogen) atoms. The zero-order valence-electron chi connectivity index (χ0n) is 15.3. The summed E-state index contributed by atoms with van der Waals surface area (Å²) < 4.78 is 19.2. The summed E-state index contributed by atoms with van der Waals surface area (Å²) >= 11 is 1.12. The largest absolute Gasteiger partial charge is 0.411 e. The number of aryl methyl sites for hydroxylation is 2. The van der Waals surface area contributed by atoms with Gasteiger partial charge in [-0.15, -0.1) is 10.2 Å². The first-order chi connectivity index (χ1) is 12.9. The normalized spacial score (nSPS) is 12.0. The Hall–Kier alpha value is -2.67. The maximum atomic E-state index is 13.8. The van der Waals surface area contributed by atoms with Crippen LogP contribution in [0.2, 0.25) is 0 Å². The van der Waals surface area contributed by atoms with Gasteiger partial charge in [0.05, 0.1) is 17.4 Å². The highest BCUT2D eigenvalue weighted by Crippen LogP contribution is 2.25. The molecule has 0 spiro atoms. The highest BCUT2D eigenvalue weighted by atomic mass is 32.2. The van der Waals surface area contributed by atoms with E-state index in [9.17, 15) is 9.18 Å². The van der Waals surface area contributed by atoms with Crippen LogP contribution in [0.1, 0.15) is 29.7 Å². The van der Waals surface area contributed by atoms with E-state index < -0.39 is 5.82 Å². The third-order valence-electron chi connectivity index (χ3n) is 4.25. The molecule has 0 bridgehead atoms. The number of hydrogen-bond donors (Lipinski definition) is 1. The van der Waals surface area contributed by atoms with E-state index in [1.165, 1.54) is 17.2 Å². The number of amides is 1. The van der Waals surface area contributed by atoms with E-state index >= 15 is 0 Å². The van der Waals surface area contributed by atoms with Gasteiger partial charge in [-0.05, 0) is 49.6 Å². The molecule has 140 valence electrons.